The molecule has 5 rings (SSSR count). The van der Waals surface area contributed by atoms with Gasteiger partial charge in [-0.2, -0.15) is 0 Å². The van der Waals surface area contributed by atoms with Crippen molar-refractivity contribution in [3.63, 3.8) is 0 Å². The molecule has 3 aromatic rings. The van der Waals surface area contributed by atoms with E-state index >= 15 is 0 Å². The van der Waals surface area contributed by atoms with Gasteiger partial charge in [-0.15, -0.1) is 0 Å². The molecule has 9 heteroatoms. The van der Waals surface area contributed by atoms with Gasteiger partial charge >= 0.3 is 0 Å². The van der Waals surface area contributed by atoms with Gasteiger partial charge in [0.25, 0.3) is 5.56 Å². The van der Waals surface area contributed by atoms with Gasteiger partial charge in [-0.25, -0.2) is 9.97 Å². The standard InChI is InChI=1S/C23H28N6O3/c1-3-7-32-8-6-28-20-10-18(15-4-5-21(31-2)26-11-15)25-13-19(20)27-22(23(28)30)29-14-16-9-17(29)12-24-16/h4-5,10-11,13,16-17,24H,3,6-9,12,14H2,1-2H3/t16-,17+/m1/s1. The van der Waals surface area contributed by atoms with Crippen LogP contribution in [0.15, 0.2) is 35.4 Å². The molecule has 0 amide bonds. The molecule has 32 heavy (non-hydrogen) atoms. The van der Waals surface area contributed by atoms with Crippen molar-refractivity contribution in [3.8, 4) is 17.1 Å². The van der Waals surface area contributed by atoms with Crippen LogP contribution in [0.5, 0.6) is 5.88 Å². The molecule has 0 unspecified atom stereocenters. The van der Waals surface area contributed by atoms with Crippen LogP contribution in [-0.4, -0.2) is 65.0 Å². The Morgan fingerprint density at radius 2 is 2.12 bits per heavy atom. The summed E-state index contributed by atoms with van der Waals surface area (Å²) >= 11 is 0. The fourth-order valence-electron chi connectivity index (χ4n) is 4.57. The van der Waals surface area contributed by atoms with Gasteiger partial charge in [0.05, 0.1) is 31.1 Å². The molecule has 2 saturated heterocycles. The number of hydrogen-bond donors (Lipinski definition) is 1. The second-order valence-corrected chi connectivity index (χ2v) is 8.30. The highest BCUT2D eigenvalue weighted by atomic mass is 16.5. The van der Waals surface area contributed by atoms with E-state index in [1.165, 1.54) is 0 Å². The van der Waals surface area contributed by atoms with Gasteiger partial charge in [0.2, 0.25) is 5.88 Å². The Morgan fingerprint density at radius 3 is 2.81 bits per heavy atom. The van der Waals surface area contributed by atoms with Crippen molar-refractivity contribution in [2.75, 3.05) is 38.3 Å². The van der Waals surface area contributed by atoms with Crippen molar-refractivity contribution in [2.45, 2.75) is 38.4 Å². The Labute approximate surface area is 186 Å². The number of aromatic nitrogens is 4. The Bertz CT molecular complexity index is 1160. The summed E-state index contributed by atoms with van der Waals surface area (Å²) in [5.41, 5.74) is 2.96. The number of pyridine rings is 2. The van der Waals surface area contributed by atoms with Crippen LogP contribution < -0.4 is 20.5 Å². The molecule has 0 spiro atoms. The number of rotatable bonds is 8. The van der Waals surface area contributed by atoms with E-state index in [0.717, 1.165) is 42.7 Å². The molecule has 1 N–H and O–H groups in total. The fourth-order valence-corrected chi connectivity index (χ4v) is 4.57. The van der Waals surface area contributed by atoms with E-state index in [1.54, 1.807) is 30.1 Å². The Hall–Kier alpha value is -3.04. The number of nitrogens with zero attached hydrogens (tertiary/aromatic N) is 5. The van der Waals surface area contributed by atoms with Crippen LogP contribution in [0.1, 0.15) is 19.8 Å². The second kappa shape index (κ2) is 8.84. The predicted octanol–water partition coefficient (Wildman–Crippen LogP) is 1.84. The molecule has 0 aliphatic carbocycles. The third kappa shape index (κ3) is 3.82. The SMILES string of the molecule is CCCOCCn1c(=O)c(N2C[C@H]3C[C@H]2CN3)nc2cnc(-c3ccc(OC)nc3)cc21. The highest BCUT2D eigenvalue weighted by Crippen LogP contribution is 2.28. The van der Waals surface area contributed by atoms with E-state index in [9.17, 15) is 4.79 Å². The van der Waals surface area contributed by atoms with Crippen molar-refractivity contribution in [1.29, 1.82) is 0 Å². The highest BCUT2D eigenvalue weighted by Gasteiger charge is 2.39. The zero-order valence-electron chi connectivity index (χ0n) is 18.5. The lowest BCUT2D eigenvalue weighted by molar-refractivity contribution is 0.127. The van der Waals surface area contributed by atoms with Gasteiger partial charge in [0, 0.05) is 56.2 Å². The first-order valence-electron chi connectivity index (χ1n) is 11.2. The van der Waals surface area contributed by atoms with E-state index in [4.69, 9.17) is 14.5 Å². The molecule has 2 aliphatic rings. The van der Waals surface area contributed by atoms with E-state index in [-0.39, 0.29) is 5.56 Å². The van der Waals surface area contributed by atoms with Gasteiger partial charge in [-0.05, 0) is 25.0 Å². The maximum Gasteiger partial charge on any atom is 0.294 e. The molecule has 2 bridgehead atoms. The lowest BCUT2D eigenvalue weighted by Gasteiger charge is -2.28. The topological polar surface area (TPSA) is 94.4 Å². The molecule has 0 radical (unpaired) electrons. The van der Waals surface area contributed by atoms with Crippen LogP contribution in [-0.2, 0) is 11.3 Å². The van der Waals surface area contributed by atoms with Crippen LogP contribution in [0.4, 0.5) is 5.82 Å². The summed E-state index contributed by atoms with van der Waals surface area (Å²) in [7, 11) is 1.58. The molecule has 2 aliphatic heterocycles. The Kier molecular flexibility index (Phi) is 5.75. The monoisotopic (exact) mass is 436 g/mol. The molecule has 2 atom stereocenters. The third-order valence-corrected chi connectivity index (χ3v) is 6.19. The first kappa shape index (κ1) is 20.8. The van der Waals surface area contributed by atoms with Crippen LogP contribution in [0, 0.1) is 0 Å². The maximum absolute atomic E-state index is 13.6. The molecule has 0 saturated carbocycles. The molecule has 168 valence electrons. The number of ether oxygens (including phenoxy) is 2. The van der Waals surface area contributed by atoms with Crippen molar-refractivity contribution >= 4 is 16.9 Å². The van der Waals surface area contributed by atoms with Crippen molar-refractivity contribution in [3.05, 3.63) is 40.9 Å². The number of piperazine rings is 1. The quantitative estimate of drug-likeness (QED) is 0.535. The van der Waals surface area contributed by atoms with Crippen LogP contribution in [0.2, 0.25) is 0 Å². The Balaban J connectivity index is 1.57. The first-order valence-corrected chi connectivity index (χ1v) is 11.2. The molecular weight excluding hydrogens is 408 g/mol. The Morgan fingerprint density at radius 1 is 1.22 bits per heavy atom. The predicted molar refractivity (Wildman–Crippen MR) is 122 cm³/mol. The van der Waals surface area contributed by atoms with Gasteiger partial charge < -0.3 is 24.3 Å². The van der Waals surface area contributed by atoms with E-state index < -0.39 is 0 Å². The third-order valence-electron chi connectivity index (χ3n) is 6.19. The van der Waals surface area contributed by atoms with Crippen LogP contribution >= 0.6 is 0 Å². The summed E-state index contributed by atoms with van der Waals surface area (Å²) in [5, 5.41) is 3.48. The van der Waals surface area contributed by atoms with Crippen molar-refractivity contribution in [2.24, 2.45) is 0 Å². The molecule has 3 aromatic heterocycles. The normalized spacial score (nSPS) is 19.8. The van der Waals surface area contributed by atoms with Gasteiger partial charge in [-0.1, -0.05) is 6.92 Å². The molecule has 9 nitrogen and oxygen atoms in total. The van der Waals surface area contributed by atoms with Gasteiger partial charge in [-0.3, -0.25) is 9.78 Å². The fraction of sp³-hybridized carbons (Fsp3) is 0.478. The largest absolute Gasteiger partial charge is 0.481 e. The van der Waals surface area contributed by atoms with E-state index in [2.05, 4.69) is 27.1 Å². The first-order chi connectivity index (χ1) is 15.7. The maximum atomic E-state index is 13.6. The summed E-state index contributed by atoms with van der Waals surface area (Å²) in [4.78, 5) is 29.4. The molecule has 2 fully saturated rings. The summed E-state index contributed by atoms with van der Waals surface area (Å²) in [6, 6.07) is 6.36. The number of nitrogens with one attached hydrogen (secondary N) is 1. The lowest BCUT2D eigenvalue weighted by Crippen LogP contribution is -2.46. The minimum atomic E-state index is -0.0739. The zero-order chi connectivity index (χ0) is 22.1. The van der Waals surface area contributed by atoms with Crippen LogP contribution in [0.3, 0.4) is 0 Å². The zero-order valence-corrected chi connectivity index (χ0v) is 18.5. The van der Waals surface area contributed by atoms with Gasteiger partial charge in [0.1, 0.15) is 5.52 Å². The smallest absolute Gasteiger partial charge is 0.294 e. The summed E-state index contributed by atoms with van der Waals surface area (Å²) < 4.78 is 12.6. The molecule has 0 aromatic carbocycles. The highest BCUT2D eigenvalue weighted by molar-refractivity contribution is 5.80. The summed E-state index contributed by atoms with van der Waals surface area (Å²) in [6.07, 6.45) is 5.46. The summed E-state index contributed by atoms with van der Waals surface area (Å²) in [5.74, 6) is 1.06. The minimum absolute atomic E-state index is 0.0739. The number of anilines is 1. The minimum Gasteiger partial charge on any atom is -0.481 e. The second-order valence-electron chi connectivity index (χ2n) is 8.30. The lowest BCUT2D eigenvalue weighted by atomic mass is 10.2. The molecule has 5 heterocycles. The average Bonchev–Trinajstić information content (AvgIpc) is 3.46. The van der Waals surface area contributed by atoms with Crippen molar-refractivity contribution < 1.29 is 9.47 Å². The molecular formula is C23H28N6O3. The average molecular weight is 437 g/mol. The number of hydrogen-bond acceptors (Lipinski definition) is 8. The van der Waals surface area contributed by atoms with E-state index in [1.807, 2.05) is 12.1 Å². The van der Waals surface area contributed by atoms with Crippen LogP contribution in [0.25, 0.3) is 22.3 Å². The number of methoxy groups -OCH3 is 1. The van der Waals surface area contributed by atoms with Crippen molar-refractivity contribution in [1.82, 2.24) is 24.8 Å². The van der Waals surface area contributed by atoms with Gasteiger partial charge in [0.15, 0.2) is 5.82 Å². The summed E-state index contributed by atoms with van der Waals surface area (Å²) in [6.45, 7) is 5.40. The number of fused-ring (bicyclic) bond motifs is 3. The van der Waals surface area contributed by atoms with E-state index in [0.29, 0.717) is 49.1 Å².